The third-order valence-electron chi connectivity index (χ3n) is 8.19. The molecule has 6 rings (SSSR count). The fraction of sp³-hybridized carbons (Fsp3) is 0.270. The van der Waals surface area contributed by atoms with E-state index in [1.807, 2.05) is 57.2 Å². The van der Waals surface area contributed by atoms with Gasteiger partial charge in [0.25, 0.3) is 5.56 Å². The Balaban J connectivity index is 1.53. The van der Waals surface area contributed by atoms with Gasteiger partial charge in [-0.25, -0.2) is 14.2 Å². The van der Waals surface area contributed by atoms with Crippen molar-refractivity contribution in [1.29, 1.82) is 0 Å². The highest BCUT2D eigenvalue weighted by Crippen LogP contribution is 2.36. The largest absolute Gasteiger partial charge is 0.493 e. The summed E-state index contributed by atoms with van der Waals surface area (Å²) < 4.78 is 34.9. The van der Waals surface area contributed by atoms with Crippen molar-refractivity contribution in [3.63, 3.8) is 0 Å². The van der Waals surface area contributed by atoms with Crippen LogP contribution >= 0.6 is 11.3 Å². The Hall–Kier alpha value is -4.96. The van der Waals surface area contributed by atoms with Crippen molar-refractivity contribution in [1.82, 2.24) is 9.13 Å². The van der Waals surface area contributed by atoms with Crippen LogP contribution in [0.4, 0.5) is 4.39 Å². The van der Waals surface area contributed by atoms with Crippen LogP contribution in [0.5, 0.6) is 11.5 Å². The Bertz CT molecular complexity index is 2210. The van der Waals surface area contributed by atoms with Crippen molar-refractivity contribution in [3.05, 3.63) is 126 Å². The van der Waals surface area contributed by atoms with Crippen LogP contribution in [0.25, 0.3) is 17.0 Å². The SMILES string of the molecule is CCOC(=O)C1=C(C)N=c2s/c(=C/c3c(C)n(Cc4ccc(F)cc4)c4ccccc34)c(=O)n2[C@H]1c1ccc(OC(C)C)c(OC)c1. The smallest absolute Gasteiger partial charge is 0.338 e. The predicted molar refractivity (Wildman–Crippen MR) is 181 cm³/mol. The van der Waals surface area contributed by atoms with Gasteiger partial charge in [-0.1, -0.05) is 47.7 Å². The number of esters is 1. The lowest BCUT2D eigenvalue weighted by atomic mass is 9.95. The van der Waals surface area contributed by atoms with Crippen molar-refractivity contribution in [2.24, 2.45) is 4.99 Å². The summed E-state index contributed by atoms with van der Waals surface area (Å²) in [6.07, 6.45) is 1.83. The van der Waals surface area contributed by atoms with Crippen LogP contribution in [-0.2, 0) is 16.1 Å². The van der Waals surface area contributed by atoms with Gasteiger partial charge in [-0.05, 0) is 82.2 Å². The van der Waals surface area contributed by atoms with Gasteiger partial charge in [-0.3, -0.25) is 9.36 Å². The van der Waals surface area contributed by atoms with E-state index in [4.69, 9.17) is 19.2 Å². The van der Waals surface area contributed by atoms with E-state index in [1.54, 1.807) is 49.8 Å². The van der Waals surface area contributed by atoms with Gasteiger partial charge in [-0.15, -0.1) is 0 Å². The van der Waals surface area contributed by atoms with Crippen molar-refractivity contribution in [2.45, 2.75) is 53.3 Å². The molecule has 3 aromatic carbocycles. The van der Waals surface area contributed by atoms with Crippen molar-refractivity contribution >= 4 is 34.3 Å². The molecule has 0 N–H and O–H groups in total. The average Bonchev–Trinajstić information content (AvgIpc) is 3.49. The average molecular weight is 654 g/mol. The van der Waals surface area contributed by atoms with E-state index in [-0.39, 0.29) is 29.7 Å². The van der Waals surface area contributed by atoms with Gasteiger partial charge in [0.2, 0.25) is 0 Å². The number of allylic oxidation sites excluding steroid dienone is 1. The number of halogens is 1. The van der Waals surface area contributed by atoms with E-state index in [0.29, 0.717) is 38.6 Å². The molecule has 1 aliphatic heterocycles. The Labute approximate surface area is 275 Å². The lowest BCUT2D eigenvalue weighted by Crippen LogP contribution is -2.40. The number of carbonyl (C=O) groups is 1. The fourth-order valence-electron chi connectivity index (χ4n) is 6.06. The maximum absolute atomic E-state index is 14.4. The van der Waals surface area contributed by atoms with E-state index in [1.165, 1.54) is 23.5 Å². The number of para-hydroxylation sites is 1. The Kier molecular flexibility index (Phi) is 8.88. The maximum atomic E-state index is 14.4. The highest BCUT2D eigenvalue weighted by atomic mass is 32.1. The summed E-state index contributed by atoms with van der Waals surface area (Å²) >= 11 is 1.27. The molecule has 2 aromatic heterocycles. The zero-order valence-corrected chi connectivity index (χ0v) is 28.0. The minimum Gasteiger partial charge on any atom is -0.493 e. The molecule has 10 heteroatoms. The molecule has 0 amide bonds. The molecular formula is C37H36FN3O5S. The van der Waals surface area contributed by atoms with Crippen LogP contribution in [0, 0.1) is 12.7 Å². The van der Waals surface area contributed by atoms with Crippen LogP contribution < -0.4 is 24.4 Å². The second-order valence-corrected chi connectivity index (χ2v) is 12.6. The molecule has 0 spiro atoms. The number of rotatable bonds is 9. The molecule has 0 saturated carbocycles. The van der Waals surface area contributed by atoms with E-state index in [0.717, 1.165) is 27.7 Å². The minimum absolute atomic E-state index is 0.0743. The summed E-state index contributed by atoms with van der Waals surface area (Å²) in [7, 11) is 1.56. The van der Waals surface area contributed by atoms with Crippen LogP contribution in [0.1, 0.15) is 56.1 Å². The second kappa shape index (κ2) is 13.0. The van der Waals surface area contributed by atoms with Gasteiger partial charge in [0.05, 0.1) is 41.7 Å². The van der Waals surface area contributed by atoms with E-state index in [9.17, 15) is 14.0 Å². The summed E-state index contributed by atoms with van der Waals surface area (Å²) in [6, 6.07) is 19.1. The lowest BCUT2D eigenvalue weighted by molar-refractivity contribution is -0.139. The summed E-state index contributed by atoms with van der Waals surface area (Å²) in [5.41, 5.74) is 4.99. The van der Waals surface area contributed by atoms with Crippen LogP contribution in [0.3, 0.4) is 0 Å². The molecule has 3 heterocycles. The molecule has 242 valence electrons. The summed E-state index contributed by atoms with van der Waals surface area (Å²) in [5, 5.41) is 0.989. The number of methoxy groups -OCH3 is 1. The van der Waals surface area contributed by atoms with Crippen LogP contribution in [0.15, 0.2) is 87.8 Å². The second-order valence-electron chi connectivity index (χ2n) is 11.6. The molecule has 47 heavy (non-hydrogen) atoms. The Morgan fingerprint density at radius 1 is 1.06 bits per heavy atom. The maximum Gasteiger partial charge on any atom is 0.338 e. The van der Waals surface area contributed by atoms with Gasteiger partial charge in [0.15, 0.2) is 16.3 Å². The molecular weight excluding hydrogens is 617 g/mol. The number of aromatic nitrogens is 2. The number of thiazole rings is 1. The van der Waals surface area contributed by atoms with Crippen LogP contribution in [0.2, 0.25) is 0 Å². The fourth-order valence-corrected chi connectivity index (χ4v) is 7.09. The zero-order valence-electron chi connectivity index (χ0n) is 27.2. The van der Waals surface area contributed by atoms with E-state index < -0.39 is 12.0 Å². The van der Waals surface area contributed by atoms with E-state index >= 15 is 0 Å². The first kappa shape index (κ1) is 32.0. The van der Waals surface area contributed by atoms with Gasteiger partial charge >= 0.3 is 5.97 Å². The number of hydrogen-bond donors (Lipinski definition) is 0. The predicted octanol–water partition coefficient (Wildman–Crippen LogP) is 6.04. The summed E-state index contributed by atoms with van der Waals surface area (Å²) in [6.45, 7) is 10.1. The van der Waals surface area contributed by atoms with Crippen molar-refractivity contribution < 1.29 is 23.4 Å². The van der Waals surface area contributed by atoms with E-state index in [2.05, 4.69) is 4.57 Å². The highest BCUT2D eigenvalue weighted by Gasteiger charge is 2.34. The first-order chi connectivity index (χ1) is 22.6. The molecule has 5 aromatic rings. The van der Waals surface area contributed by atoms with Gasteiger partial charge in [0, 0.05) is 28.7 Å². The number of benzene rings is 3. The quantitative estimate of drug-likeness (QED) is 0.181. The van der Waals surface area contributed by atoms with Gasteiger partial charge < -0.3 is 18.8 Å². The molecule has 0 saturated heterocycles. The van der Waals surface area contributed by atoms with Gasteiger partial charge in [-0.2, -0.15) is 0 Å². The van der Waals surface area contributed by atoms with Crippen molar-refractivity contribution in [2.75, 3.05) is 13.7 Å². The number of nitrogens with zero attached hydrogens (tertiary/aromatic N) is 3. The normalized spacial score (nSPS) is 14.8. The summed E-state index contributed by atoms with van der Waals surface area (Å²) in [4.78, 5) is 33.0. The standard InChI is InChI=1S/C37H36FN3O5S/c1-7-45-36(43)33-22(4)39-37-41(34(33)25-14-17-30(46-21(2)3)31(18-25)44-6)35(42)32(47-37)19-28-23(5)40(29-11-9-8-10-27(28)29)20-24-12-15-26(38)16-13-24/h8-19,21,34H,7,20H2,1-6H3/b32-19+/t34-/m0/s1. The number of fused-ring (bicyclic) bond motifs is 2. The molecule has 0 bridgehead atoms. The lowest BCUT2D eigenvalue weighted by Gasteiger charge is -2.25. The third kappa shape index (κ3) is 6.01. The topological polar surface area (TPSA) is 84.1 Å². The molecule has 0 aliphatic carbocycles. The van der Waals surface area contributed by atoms with Crippen molar-refractivity contribution in [3.8, 4) is 11.5 Å². The summed E-state index contributed by atoms with van der Waals surface area (Å²) in [5.74, 6) is 0.233. The Morgan fingerprint density at radius 3 is 2.51 bits per heavy atom. The molecule has 0 fully saturated rings. The number of hydrogen-bond acceptors (Lipinski definition) is 7. The monoisotopic (exact) mass is 653 g/mol. The van der Waals surface area contributed by atoms with Gasteiger partial charge in [0.1, 0.15) is 5.82 Å². The molecule has 0 radical (unpaired) electrons. The third-order valence-corrected chi connectivity index (χ3v) is 9.18. The molecule has 0 unspecified atom stereocenters. The first-order valence-electron chi connectivity index (χ1n) is 15.5. The van der Waals surface area contributed by atoms with Crippen LogP contribution in [-0.4, -0.2) is 34.9 Å². The minimum atomic E-state index is -0.796. The highest BCUT2D eigenvalue weighted by molar-refractivity contribution is 7.07. The number of carbonyl (C=O) groups excluding carboxylic acids is 1. The Morgan fingerprint density at radius 2 is 1.81 bits per heavy atom. The number of ether oxygens (including phenoxy) is 3. The molecule has 1 atom stereocenters. The molecule has 8 nitrogen and oxygen atoms in total. The molecule has 1 aliphatic rings. The zero-order chi connectivity index (χ0) is 33.4. The first-order valence-corrected chi connectivity index (χ1v) is 16.3.